The highest BCUT2D eigenvalue weighted by Crippen LogP contribution is 1.94. The van der Waals surface area contributed by atoms with Gasteiger partial charge in [-0.3, -0.25) is 4.21 Å². The van der Waals surface area contributed by atoms with E-state index >= 15 is 0 Å². The van der Waals surface area contributed by atoms with E-state index in [1.165, 1.54) is 12.8 Å². The van der Waals surface area contributed by atoms with Crippen LogP contribution in [0.25, 0.3) is 0 Å². The fourth-order valence-corrected chi connectivity index (χ4v) is 1.39. The van der Waals surface area contributed by atoms with Gasteiger partial charge in [-0.05, 0) is 26.4 Å². The van der Waals surface area contributed by atoms with Crippen molar-refractivity contribution in [2.75, 3.05) is 25.6 Å². The average molecular weight is 163 g/mol. The summed E-state index contributed by atoms with van der Waals surface area (Å²) in [5.74, 6) is 0.865. The number of hydrogen-bond donors (Lipinski definition) is 1. The Morgan fingerprint density at radius 1 is 1.30 bits per heavy atom. The van der Waals surface area contributed by atoms with Crippen LogP contribution in [0.15, 0.2) is 0 Å². The summed E-state index contributed by atoms with van der Waals surface area (Å²) in [6, 6.07) is 0. The maximum atomic E-state index is 10.6. The van der Waals surface area contributed by atoms with E-state index < -0.39 is 10.8 Å². The molecule has 0 fully saturated rings. The van der Waals surface area contributed by atoms with Crippen LogP contribution < -0.4 is 5.32 Å². The second-order valence-corrected chi connectivity index (χ2v) is 4.00. The lowest BCUT2D eigenvalue weighted by atomic mass is 10.2. The predicted octanol–water partition coefficient (Wildman–Crippen LogP) is 0.755. The summed E-state index contributed by atoms with van der Waals surface area (Å²) in [4.78, 5) is 0. The molecule has 0 amide bonds. The molecule has 0 aliphatic carbocycles. The topological polar surface area (TPSA) is 29.1 Å². The van der Waals surface area contributed by atoms with E-state index in [1.807, 2.05) is 7.05 Å². The van der Waals surface area contributed by atoms with Crippen LogP contribution in [0.3, 0.4) is 0 Å². The van der Waals surface area contributed by atoms with Crippen molar-refractivity contribution in [3.63, 3.8) is 0 Å². The SMILES string of the molecule is CNCCCCCS(C)=O. The third-order valence-corrected chi connectivity index (χ3v) is 2.22. The summed E-state index contributed by atoms with van der Waals surface area (Å²) in [6.45, 7) is 1.08. The normalized spacial score (nSPS) is 13.4. The monoisotopic (exact) mass is 163 g/mol. The van der Waals surface area contributed by atoms with Gasteiger partial charge in [0.25, 0.3) is 0 Å². The Bertz CT molecular complexity index is 95.6. The number of hydrogen-bond acceptors (Lipinski definition) is 2. The van der Waals surface area contributed by atoms with Crippen LogP contribution in [-0.2, 0) is 10.8 Å². The predicted molar refractivity (Wildman–Crippen MR) is 46.7 cm³/mol. The Morgan fingerprint density at radius 2 is 2.00 bits per heavy atom. The largest absolute Gasteiger partial charge is 0.320 e. The first-order chi connectivity index (χ1) is 4.77. The van der Waals surface area contributed by atoms with E-state index in [0.29, 0.717) is 0 Å². The first kappa shape index (κ1) is 10.1. The molecule has 0 radical (unpaired) electrons. The Morgan fingerprint density at radius 3 is 2.50 bits per heavy atom. The van der Waals surface area contributed by atoms with Gasteiger partial charge in [-0.1, -0.05) is 6.42 Å². The summed E-state index contributed by atoms with van der Waals surface area (Å²) in [5.41, 5.74) is 0. The molecule has 0 bridgehead atoms. The molecule has 0 aromatic rings. The molecule has 10 heavy (non-hydrogen) atoms. The van der Waals surface area contributed by atoms with Crippen molar-refractivity contribution < 1.29 is 4.21 Å². The van der Waals surface area contributed by atoms with Crippen molar-refractivity contribution in [1.29, 1.82) is 0 Å². The van der Waals surface area contributed by atoms with Crippen molar-refractivity contribution in [3.8, 4) is 0 Å². The van der Waals surface area contributed by atoms with E-state index in [2.05, 4.69) is 5.32 Å². The first-order valence-corrected chi connectivity index (χ1v) is 5.44. The van der Waals surface area contributed by atoms with Crippen LogP contribution in [0.2, 0.25) is 0 Å². The average Bonchev–Trinajstić information content (AvgIpc) is 1.87. The molecule has 0 rings (SSSR count). The van der Waals surface area contributed by atoms with E-state index in [-0.39, 0.29) is 0 Å². The number of unbranched alkanes of at least 4 members (excludes halogenated alkanes) is 2. The molecule has 0 aliphatic rings. The van der Waals surface area contributed by atoms with Crippen LogP contribution in [-0.4, -0.2) is 29.8 Å². The van der Waals surface area contributed by atoms with Gasteiger partial charge >= 0.3 is 0 Å². The Hall–Kier alpha value is 0.110. The number of rotatable bonds is 6. The zero-order valence-electron chi connectivity index (χ0n) is 6.85. The van der Waals surface area contributed by atoms with Crippen LogP contribution >= 0.6 is 0 Å². The molecule has 62 valence electrons. The Labute approximate surface area is 65.9 Å². The van der Waals surface area contributed by atoms with Gasteiger partial charge in [-0.2, -0.15) is 0 Å². The molecule has 1 N–H and O–H groups in total. The molecule has 0 aromatic carbocycles. The quantitative estimate of drug-likeness (QED) is 0.586. The van der Waals surface area contributed by atoms with Gasteiger partial charge < -0.3 is 5.32 Å². The maximum Gasteiger partial charge on any atom is 0.0232 e. The van der Waals surface area contributed by atoms with Crippen molar-refractivity contribution in [3.05, 3.63) is 0 Å². The minimum Gasteiger partial charge on any atom is -0.320 e. The molecule has 1 atom stereocenters. The van der Waals surface area contributed by atoms with E-state index in [1.54, 1.807) is 6.26 Å². The molecule has 3 heteroatoms. The minimum absolute atomic E-state index is 0.591. The highest BCUT2D eigenvalue weighted by molar-refractivity contribution is 7.84. The lowest BCUT2D eigenvalue weighted by Gasteiger charge is -1.97. The zero-order valence-corrected chi connectivity index (χ0v) is 7.67. The summed E-state index contributed by atoms with van der Waals surface area (Å²) in [7, 11) is 1.36. The second-order valence-electron chi connectivity index (χ2n) is 2.44. The van der Waals surface area contributed by atoms with E-state index in [0.717, 1.165) is 18.7 Å². The van der Waals surface area contributed by atoms with E-state index in [9.17, 15) is 4.21 Å². The van der Waals surface area contributed by atoms with Gasteiger partial charge in [-0.25, -0.2) is 0 Å². The second kappa shape index (κ2) is 7.22. The third kappa shape index (κ3) is 8.11. The number of nitrogens with one attached hydrogen (secondary N) is 1. The molecule has 1 unspecified atom stereocenters. The molecule has 0 aromatic heterocycles. The van der Waals surface area contributed by atoms with Gasteiger partial charge in [0, 0.05) is 22.8 Å². The van der Waals surface area contributed by atoms with Crippen molar-refractivity contribution in [2.45, 2.75) is 19.3 Å². The fraction of sp³-hybridized carbons (Fsp3) is 1.00. The van der Waals surface area contributed by atoms with Gasteiger partial charge in [-0.15, -0.1) is 0 Å². The van der Waals surface area contributed by atoms with E-state index in [4.69, 9.17) is 0 Å². The van der Waals surface area contributed by atoms with Crippen LogP contribution in [0, 0.1) is 0 Å². The summed E-state index contributed by atoms with van der Waals surface area (Å²) in [6.07, 6.45) is 5.26. The molecule has 0 aliphatic heterocycles. The summed E-state index contributed by atoms with van der Waals surface area (Å²) < 4.78 is 10.6. The van der Waals surface area contributed by atoms with Crippen molar-refractivity contribution in [2.24, 2.45) is 0 Å². The van der Waals surface area contributed by atoms with Crippen LogP contribution in [0.5, 0.6) is 0 Å². The minimum atomic E-state index is -0.591. The highest BCUT2D eigenvalue weighted by atomic mass is 32.2. The smallest absolute Gasteiger partial charge is 0.0232 e. The van der Waals surface area contributed by atoms with Crippen LogP contribution in [0.1, 0.15) is 19.3 Å². The highest BCUT2D eigenvalue weighted by Gasteiger charge is 1.90. The molecule has 2 nitrogen and oxygen atoms in total. The molecule has 0 heterocycles. The van der Waals surface area contributed by atoms with Crippen LogP contribution in [0.4, 0.5) is 0 Å². The summed E-state index contributed by atoms with van der Waals surface area (Å²) in [5, 5.41) is 3.08. The maximum absolute atomic E-state index is 10.6. The zero-order chi connectivity index (χ0) is 7.82. The van der Waals surface area contributed by atoms with Crippen molar-refractivity contribution >= 4 is 10.8 Å². The van der Waals surface area contributed by atoms with Gasteiger partial charge in [0.1, 0.15) is 0 Å². The van der Waals surface area contributed by atoms with Crippen molar-refractivity contribution in [1.82, 2.24) is 5.32 Å². The van der Waals surface area contributed by atoms with Gasteiger partial charge in [0.05, 0.1) is 0 Å². The molecule has 0 saturated heterocycles. The Balaban J connectivity index is 2.84. The molecular formula is C7H17NOS. The standard InChI is InChI=1S/C7H17NOS/c1-8-6-4-3-5-7-10(2)9/h8H,3-7H2,1-2H3. The van der Waals surface area contributed by atoms with Gasteiger partial charge in [0.15, 0.2) is 0 Å². The first-order valence-electron chi connectivity index (χ1n) is 3.72. The molecule has 0 spiro atoms. The summed E-state index contributed by atoms with van der Waals surface area (Å²) >= 11 is 0. The lowest BCUT2D eigenvalue weighted by molar-refractivity contribution is 0.657. The molecule has 0 saturated carbocycles. The fourth-order valence-electron chi connectivity index (χ4n) is 0.784. The molecular weight excluding hydrogens is 146 g/mol. The van der Waals surface area contributed by atoms with Gasteiger partial charge in [0.2, 0.25) is 0 Å². The third-order valence-electron chi connectivity index (χ3n) is 1.36. The Kier molecular flexibility index (Phi) is 7.30. The lowest BCUT2D eigenvalue weighted by Crippen LogP contribution is -2.07.